The third-order valence-electron chi connectivity index (χ3n) is 3.31. The molecule has 0 aliphatic rings. The monoisotopic (exact) mass is 329 g/mol. The van der Waals surface area contributed by atoms with Crippen molar-refractivity contribution in [2.45, 2.75) is 25.2 Å². The molecule has 0 saturated heterocycles. The number of fused-ring (bicyclic) bond motifs is 1. The van der Waals surface area contributed by atoms with Crippen molar-refractivity contribution in [3.63, 3.8) is 0 Å². The number of hydrogen-bond donors (Lipinski definition) is 1. The van der Waals surface area contributed by atoms with Gasteiger partial charge in [0, 0.05) is 5.75 Å². The van der Waals surface area contributed by atoms with Gasteiger partial charge in [0.25, 0.3) is 5.22 Å². The second-order valence-electron chi connectivity index (χ2n) is 5.55. The fourth-order valence-electron chi connectivity index (χ4n) is 2.34. The Labute approximate surface area is 139 Å². The number of aliphatic hydroxyl groups excluding tert-OH is 1. The Balaban J connectivity index is 1.52. The van der Waals surface area contributed by atoms with Gasteiger partial charge < -0.3 is 14.3 Å². The maximum Gasteiger partial charge on any atom is 0.256 e. The molecule has 0 bridgehead atoms. The molecule has 0 radical (unpaired) electrons. The van der Waals surface area contributed by atoms with E-state index < -0.39 is 6.10 Å². The molecule has 0 saturated carbocycles. The summed E-state index contributed by atoms with van der Waals surface area (Å²) in [6.07, 6.45) is -0.587. The summed E-state index contributed by atoms with van der Waals surface area (Å²) in [4.78, 5) is 4.37. The van der Waals surface area contributed by atoms with E-state index >= 15 is 0 Å². The van der Waals surface area contributed by atoms with Crippen molar-refractivity contribution in [1.29, 1.82) is 0 Å². The summed E-state index contributed by atoms with van der Waals surface area (Å²) in [6.45, 7) is 4.30. The summed E-state index contributed by atoms with van der Waals surface area (Å²) in [5, 5.41) is 10.6. The first kappa shape index (κ1) is 15.9. The number of oxazole rings is 1. The smallest absolute Gasteiger partial charge is 0.256 e. The molecule has 1 N–H and O–H groups in total. The van der Waals surface area contributed by atoms with Gasteiger partial charge in [-0.1, -0.05) is 30.0 Å². The van der Waals surface area contributed by atoms with E-state index in [4.69, 9.17) is 9.15 Å². The van der Waals surface area contributed by atoms with Gasteiger partial charge in [-0.05, 0) is 49.2 Å². The predicted octanol–water partition coefficient (Wildman–Crippen LogP) is 3.98. The zero-order valence-corrected chi connectivity index (χ0v) is 14.0. The van der Waals surface area contributed by atoms with Gasteiger partial charge in [0.05, 0.1) is 6.10 Å². The van der Waals surface area contributed by atoms with Crippen LogP contribution in [-0.4, -0.2) is 28.6 Å². The van der Waals surface area contributed by atoms with Gasteiger partial charge in [0.1, 0.15) is 17.9 Å². The van der Waals surface area contributed by atoms with E-state index in [-0.39, 0.29) is 6.61 Å². The minimum absolute atomic E-state index is 0.246. The predicted molar refractivity (Wildman–Crippen MR) is 92.2 cm³/mol. The van der Waals surface area contributed by atoms with Crippen LogP contribution in [0.3, 0.4) is 0 Å². The van der Waals surface area contributed by atoms with E-state index in [1.807, 2.05) is 50.2 Å². The molecule has 120 valence electrons. The zero-order chi connectivity index (χ0) is 16.2. The van der Waals surface area contributed by atoms with Gasteiger partial charge >= 0.3 is 0 Å². The zero-order valence-electron chi connectivity index (χ0n) is 13.2. The highest BCUT2D eigenvalue weighted by molar-refractivity contribution is 7.99. The van der Waals surface area contributed by atoms with Crippen LogP contribution in [0, 0.1) is 13.8 Å². The molecule has 5 heteroatoms. The Morgan fingerprint density at radius 3 is 2.65 bits per heavy atom. The molecule has 2 aromatic carbocycles. The lowest BCUT2D eigenvalue weighted by Gasteiger charge is -2.12. The number of benzene rings is 2. The fourth-order valence-corrected chi connectivity index (χ4v) is 3.08. The fraction of sp³-hybridized carbons (Fsp3) is 0.278. The Morgan fingerprint density at radius 2 is 1.91 bits per heavy atom. The highest BCUT2D eigenvalue weighted by Crippen LogP contribution is 2.24. The lowest BCUT2D eigenvalue weighted by molar-refractivity contribution is 0.126. The van der Waals surface area contributed by atoms with Gasteiger partial charge in [-0.3, -0.25) is 0 Å². The number of thioether (sulfide) groups is 1. The SMILES string of the molecule is Cc1cc(C)cc(OC[C@@H](O)CSc2nc3ccccc3o2)c1. The second-order valence-corrected chi connectivity index (χ2v) is 6.52. The van der Waals surface area contributed by atoms with Crippen molar-refractivity contribution in [2.24, 2.45) is 0 Å². The standard InChI is InChI=1S/C18H19NO3S/c1-12-7-13(2)9-15(8-12)21-10-14(20)11-23-18-19-16-5-3-4-6-17(16)22-18/h3-9,14,20H,10-11H2,1-2H3/t14-/m1/s1. The van der Waals surface area contributed by atoms with Crippen LogP contribution in [0.15, 0.2) is 52.1 Å². The van der Waals surface area contributed by atoms with E-state index in [1.165, 1.54) is 11.8 Å². The van der Waals surface area contributed by atoms with Gasteiger partial charge in [-0.2, -0.15) is 0 Å². The molecule has 0 fully saturated rings. The first-order chi connectivity index (χ1) is 11.1. The molecule has 0 amide bonds. The van der Waals surface area contributed by atoms with Crippen LogP contribution < -0.4 is 4.74 Å². The number of aryl methyl sites for hydroxylation is 2. The maximum atomic E-state index is 10.1. The van der Waals surface area contributed by atoms with Gasteiger partial charge in [-0.25, -0.2) is 4.98 Å². The molecule has 1 heterocycles. The number of rotatable bonds is 6. The van der Waals surface area contributed by atoms with Crippen LogP contribution >= 0.6 is 11.8 Å². The van der Waals surface area contributed by atoms with Crippen molar-refractivity contribution in [2.75, 3.05) is 12.4 Å². The summed E-state index contributed by atoms with van der Waals surface area (Å²) < 4.78 is 11.3. The number of nitrogens with zero attached hydrogens (tertiary/aromatic N) is 1. The number of aromatic nitrogens is 1. The topological polar surface area (TPSA) is 55.5 Å². The molecule has 0 spiro atoms. The number of ether oxygens (including phenoxy) is 1. The third kappa shape index (κ3) is 4.27. The lowest BCUT2D eigenvalue weighted by Crippen LogP contribution is -2.20. The summed E-state index contributed by atoms with van der Waals surface area (Å²) in [5.74, 6) is 1.26. The molecule has 0 unspecified atom stereocenters. The third-order valence-corrected chi connectivity index (χ3v) is 4.28. The van der Waals surface area contributed by atoms with E-state index in [0.29, 0.717) is 11.0 Å². The van der Waals surface area contributed by atoms with Crippen LogP contribution in [0.4, 0.5) is 0 Å². The van der Waals surface area contributed by atoms with Crippen molar-refractivity contribution in [3.8, 4) is 5.75 Å². The highest BCUT2D eigenvalue weighted by Gasteiger charge is 2.11. The highest BCUT2D eigenvalue weighted by atomic mass is 32.2. The minimum Gasteiger partial charge on any atom is -0.491 e. The first-order valence-electron chi connectivity index (χ1n) is 7.48. The van der Waals surface area contributed by atoms with Crippen LogP contribution in [0.1, 0.15) is 11.1 Å². The summed E-state index contributed by atoms with van der Waals surface area (Å²) >= 11 is 1.39. The molecule has 1 aromatic heterocycles. The minimum atomic E-state index is -0.587. The average molecular weight is 329 g/mol. The van der Waals surface area contributed by atoms with Gasteiger partial charge in [-0.15, -0.1) is 0 Å². The molecule has 1 atom stereocenters. The van der Waals surface area contributed by atoms with E-state index in [9.17, 15) is 5.11 Å². The molecular weight excluding hydrogens is 310 g/mol. The Bertz CT molecular complexity index is 747. The Kier molecular flexibility index (Phi) is 4.88. The van der Waals surface area contributed by atoms with Crippen LogP contribution in [0.25, 0.3) is 11.1 Å². The van der Waals surface area contributed by atoms with Crippen molar-refractivity contribution in [3.05, 3.63) is 53.6 Å². The lowest BCUT2D eigenvalue weighted by atomic mass is 10.1. The second kappa shape index (κ2) is 7.06. The summed E-state index contributed by atoms with van der Waals surface area (Å²) in [7, 11) is 0. The van der Waals surface area contributed by atoms with E-state index in [2.05, 4.69) is 11.1 Å². The summed E-state index contributed by atoms with van der Waals surface area (Å²) in [5.41, 5.74) is 3.89. The van der Waals surface area contributed by atoms with Crippen LogP contribution in [-0.2, 0) is 0 Å². The average Bonchev–Trinajstić information content (AvgIpc) is 2.93. The molecule has 3 aromatic rings. The molecule has 4 nitrogen and oxygen atoms in total. The number of para-hydroxylation sites is 2. The quantitative estimate of drug-likeness (QED) is 0.693. The Hall–Kier alpha value is -1.98. The number of aliphatic hydroxyl groups is 1. The maximum absolute atomic E-state index is 10.1. The van der Waals surface area contributed by atoms with E-state index in [1.54, 1.807) is 0 Å². The normalized spacial score (nSPS) is 12.5. The molecule has 0 aliphatic carbocycles. The van der Waals surface area contributed by atoms with E-state index in [0.717, 1.165) is 28.0 Å². The van der Waals surface area contributed by atoms with Gasteiger partial charge in [0.15, 0.2) is 5.58 Å². The largest absolute Gasteiger partial charge is 0.491 e. The first-order valence-corrected chi connectivity index (χ1v) is 8.46. The van der Waals surface area contributed by atoms with Crippen molar-refractivity contribution >= 4 is 22.9 Å². The summed E-state index contributed by atoms with van der Waals surface area (Å²) in [6, 6.07) is 13.6. The molecule has 0 aliphatic heterocycles. The molecule has 23 heavy (non-hydrogen) atoms. The van der Waals surface area contributed by atoms with Crippen LogP contribution in [0.5, 0.6) is 5.75 Å². The Morgan fingerprint density at radius 1 is 1.17 bits per heavy atom. The molecule has 3 rings (SSSR count). The van der Waals surface area contributed by atoms with Crippen LogP contribution in [0.2, 0.25) is 0 Å². The van der Waals surface area contributed by atoms with Crippen molar-refractivity contribution < 1.29 is 14.3 Å². The van der Waals surface area contributed by atoms with Crippen molar-refractivity contribution in [1.82, 2.24) is 4.98 Å². The van der Waals surface area contributed by atoms with Gasteiger partial charge in [0.2, 0.25) is 0 Å². The molecular formula is C18H19NO3S. The number of hydrogen-bond acceptors (Lipinski definition) is 5.